The van der Waals surface area contributed by atoms with Gasteiger partial charge in [-0.1, -0.05) is 152 Å². The van der Waals surface area contributed by atoms with Crippen LogP contribution in [-0.4, -0.2) is 9.97 Å². The molecule has 0 spiro atoms. The van der Waals surface area contributed by atoms with Crippen molar-refractivity contribution in [1.29, 1.82) is 0 Å². The topological polar surface area (TPSA) is 25.8 Å². The summed E-state index contributed by atoms with van der Waals surface area (Å²) in [7, 11) is 0. The van der Waals surface area contributed by atoms with Crippen molar-refractivity contribution in [3.05, 3.63) is 158 Å². The summed E-state index contributed by atoms with van der Waals surface area (Å²) in [4.78, 5) is 10.3. The van der Waals surface area contributed by atoms with Crippen LogP contribution in [0, 0.1) is 0 Å². The fourth-order valence-corrected chi connectivity index (χ4v) is 6.88. The third kappa shape index (κ3) is 3.82. The lowest BCUT2D eigenvalue weighted by Gasteiger charge is -2.16. The van der Waals surface area contributed by atoms with E-state index in [1.54, 1.807) is 0 Å². The predicted molar refractivity (Wildman–Crippen MR) is 186 cm³/mol. The molecule has 0 bridgehead atoms. The van der Waals surface area contributed by atoms with Gasteiger partial charge in [0.2, 0.25) is 0 Å². The minimum atomic E-state index is 0.718. The van der Waals surface area contributed by atoms with Crippen molar-refractivity contribution in [2.45, 2.75) is 0 Å². The van der Waals surface area contributed by atoms with Crippen molar-refractivity contribution >= 4 is 53.9 Å². The van der Waals surface area contributed by atoms with Crippen molar-refractivity contribution in [3.8, 4) is 33.9 Å². The number of nitrogens with zero attached hydrogens (tertiary/aromatic N) is 2. The predicted octanol–water partition coefficient (Wildman–Crippen LogP) is 11.2. The molecule has 1 aromatic heterocycles. The zero-order valence-electron chi connectivity index (χ0n) is 23.9. The first-order valence-electron chi connectivity index (χ1n) is 15.0. The van der Waals surface area contributed by atoms with E-state index in [-0.39, 0.29) is 0 Å². The summed E-state index contributed by atoms with van der Waals surface area (Å²) in [6.07, 6.45) is 0. The van der Waals surface area contributed by atoms with Gasteiger partial charge in [0.15, 0.2) is 5.82 Å². The molecule has 0 saturated carbocycles. The lowest BCUT2D eigenvalue weighted by Crippen LogP contribution is -1.96. The summed E-state index contributed by atoms with van der Waals surface area (Å²) in [6, 6.07) is 56.2. The van der Waals surface area contributed by atoms with Gasteiger partial charge in [-0.2, -0.15) is 0 Å². The van der Waals surface area contributed by atoms with E-state index in [9.17, 15) is 0 Å². The number of hydrogen-bond acceptors (Lipinski definition) is 2. The highest BCUT2D eigenvalue weighted by atomic mass is 14.9. The van der Waals surface area contributed by atoms with Crippen LogP contribution in [0.3, 0.4) is 0 Å². The fraction of sp³-hybridized carbons (Fsp3) is 0. The second kappa shape index (κ2) is 9.86. The average Bonchev–Trinajstić information content (AvgIpc) is 3.10. The van der Waals surface area contributed by atoms with Gasteiger partial charge in [0.1, 0.15) is 0 Å². The van der Waals surface area contributed by atoms with Crippen LogP contribution in [0.4, 0.5) is 0 Å². The van der Waals surface area contributed by atoms with Crippen molar-refractivity contribution in [2.24, 2.45) is 0 Å². The van der Waals surface area contributed by atoms with Gasteiger partial charge >= 0.3 is 0 Å². The number of rotatable bonds is 3. The Bertz CT molecular complexity index is 2480. The molecule has 8 aromatic carbocycles. The molecule has 44 heavy (non-hydrogen) atoms. The van der Waals surface area contributed by atoms with Gasteiger partial charge in [0.05, 0.1) is 11.4 Å². The lowest BCUT2D eigenvalue weighted by atomic mass is 9.88. The third-order valence-electron chi connectivity index (χ3n) is 8.83. The summed E-state index contributed by atoms with van der Waals surface area (Å²) in [5.41, 5.74) is 4.97. The normalized spacial score (nSPS) is 11.6. The molecule has 0 N–H and O–H groups in total. The van der Waals surface area contributed by atoms with Crippen LogP contribution >= 0.6 is 0 Å². The zero-order chi connectivity index (χ0) is 29.0. The number of hydrogen-bond donors (Lipinski definition) is 0. The molecule has 0 aliphatic rings. The van der Waals surface area contributed by atoms with Crippen LogP contribution in [0.15, 0.2) is 158 Å². The van der Waals surface area contributed by atoms with Crippen LogP contribution in [0.25, 0.3) is 87.8 Å². The van der Waals surface area contributed by atoms with E-state index in [0.717, 1.165) is 33.9 Å². The van der Waals surface area contributed by atoms with Crippen molar-refractivity contribution in [3.63, 3.8) is 0 Å². The van der Waals surface area contributed by atoms with E-state index < -0.39 is 0 Å². The van der Waals surface area contributed by atoms with Gasteiger partial charge in [-0.05, 0) is 59.9 Å². The fourth-order valence-electron chi connectivity index (χ4n) is 6.88. The Kier molecular flexibility index (Phi) is 5.54. The van der Waals surface area contributed by atoms with E-state index >= 15 is 0 Å². The van der Waals surface area contributed by atoms with E-state index in [0.29, 0.717) is 0 Å². The van der Waals surface area contributed by atoms with Crippen LogP contribution in [-0.2, 0) is 0 Å². The van der Waals surface area contributed by atoms with Crippen LogP contribution < -0.4 is 0 Å². The highest BCUT2D eigenvalue weighted by molar-refractivity contribution is 6.33. The van der Waals surface area contributed by atoms with Crippen LogP contribution in [0.5, 0.6) is 0 Å². The van der Waals surface area contributed by atoms with Gasteiger partial charge in [0.25, 0.3) is 0 Å². The number of aromatic nitrogens is 2. The van der Waals surface area contributed by atoms with E-state index in [1.807, 2.05) is 24.3 Å². The number of benzene rings is 7. The first kappa shape index (κ1) is 24.7. The molecule has 0 saturated heterocycles. The standard InChI is InChI=1S/C42H26N2/c1-3-12-27(13-4-1)37-26-38(44-42(43-37)30-14-5-2-6-15-30)36-23-11-22-35-34-21-10-17-29-25-24-28-16-9-20-32(39(28)40(29)34)31-18-7-8-19-33(31)41(35)36/h1-26H. The molecule has 0 radical (unpaired) electrons. The first-order valence-corrected chi connectivity index (χ1v) is 15.0. The Labute approximate surface area is 254 Å². The van der Waals surface area contributed by atoms with Crippen LogP contribution in [0.1, 0.15) is 0 Å². The van der Waals surface area contributed by atoms with Gasteiger partial charge < -0.3 is 0 Å². The van der Waals surface area contributed by atoms with Crippen molar-refractivity contribution in [2.75, 3.05) is 0 Å². The molecule has 2 heteroatoms. The highest BCUT2D eigenvalue weighted by Crippen LogP contribution is 2.42. The molecule has 1 heterocycles. The second-order valence-corrected chi connectivity index (χ2v) is 11.3. The molecule has 9 aromatic rings. The molecule has 2 nitrogen and oxygen atoms in total. The summed E-state index contributed by atoms with van der Waals surface area (Å²) in [5.74, 6) is 0.718. The maximum absolute atomic E-state index is 5.26. The van der Waals surface area contributed by atoms with Gasteiger partial charge in [-0.3, -0.25) is 0 Å². The first-order chi connectivity index (χ1) is 21.8. The van der Waals surface area contributed by atoms with E-state index in [1.165, 1.54) is 53.9 Å². The third-order valence-corrected chi connectivity index (χ3v) is 8.83. The summed E-state index contributed by atoms with van der Waals surface area (Å²) in [5, 5.41) is 12.5. The lowest BCUT2D eigenvalue weighted by molar-refractivity contribution is 1.19. The van der Waals surface area contributed by atoms with Gasteiger partial charge in [-0.15, -0.1) is 0 Å². The molecule has 0 atom stereocenters. The molecular weight excluding hydrogens is 532 g/mol. The molecule has 0 amide bonds. The Balaban J connectivity index is 1.49. The van der Waals surface area contributed by atoms with Crippen LogP contribution in [0.2, 0.25) is 0 Å². The van der Waals surface area contributed by atoms with Crippen molar-refractivity contribution in [1.82, 2.24) is 9.97 Å². The molecule has 0 aliphatic heterocycles. The zero-order valence-corrected chi connectivity index (χ0v) is 23.9. The smallest absolute Gasteiger partial charge is 0.160 e. The monoisotopic (exact) mass is 558 g/mol. The molecule has 0 fully saturated rings. The summed E-state index contributed by atoms with van der Waals surface area (Å²) >= 11 is 0. The number of fused-ring (bicyclic) bond motifs is 5. The minimum absolute atomic E-state index is 0.718. The molecule has 0 unspecified atom stereocenters. The SMILES string of the molecule is c1ccc(-c2cc(-c3cccc4c5cccc6ccc7cccc(c8ccccc8c34)c7c65)nc(-c3ccccc3)n2)cc1. The largest absolute Gasteiger partial charge is 0.228 e. The van der Waals surface area contributed by atoms with Gasteiger partial charge in [-0.25, -0.2) is 9.97 Å². The molecule has 204 valence electrons. The van der Waals surface area contributed by atoms with Gasteiger partial charge in [0, 0.05) is 16.7 Å². The van der Waals surface area contributed by atoms with E-state index in [2.05, 4.69) is 133 Å². The maximum Gasteiger partial charge on any atom is 0.160 e. The Morgan fingerprint density at radius 1 is 0.318 bits per heavy atom. The highest BCUT2D eigenvalue weighted by Gasteiger charge is 2.17. The molecule has 9 rings (SSSR count). The quantitative estimate of drug-likeness (QED) is 0.202. The average molecular weight is 559 g/mol. The Morgan fingerprint density at radius 2 is 0.795 bits per heavy atom. The Hall–Kier alpha value is -5.86. The minimum Gasteiger partial charge on any atom is -0.228 e. The maximum atomic E-state index is 5.26. The summed E-state index contributed by atoms with van der Waals surface area (Å²) < 4.78 is 0. The second-order valence-electron chi connectivity index (χ2n) is 11.3. The Morgan fingerprint density at radius 3 is 1.48 bits per heavy atom. The summed E-state index contributed by atoms with van der Waals surface area (Å²) in [6.45, 7) is 0. The van der Waals surface area contributed by atoms with E-state index in [4.69, 9.17) is 9.97 Å². The molecule has 0 aliphatic carbocycles. The molecular formula is C42H26N2. The van der Waals surface area contributed by atoms with Crippen molar-refractivity contribution < 1.29 is 0 Å².